The Bertz CT molecular complexity index is 1390. The third kappa shape index (κ3) is 5.45. The van der Waals surface area contributed by atoms with Gasteiger partial charge in [0.2, 0.25) is 5.91 Å². The Hall–Kier alpha value is -4.08. The van der Waals surface area contributed by atoms with Gasteiger partial charge in [0, 0.05) is 10.6 Å². The predicted molar refractivity (Wildman–Crippen MR) is 137 cm³/mol. The maximum Gasteiger partial charge on any atom is 0.252 e. The number of hydrogen-bond acceptors (Lipinski definition) is 4. The Morgan fingerprint density at radius 2 is 1.68 bits per heavy atom. The van der Waals surface area contributed by atoms with E-state index in [9.17, 15) is 9.59 Å². The number of carbonyl (C=O) groups is 2. The molecule has 0 aliphatic rings. The number of carbonyl (C=O) groups excluding carboxylic acids is 2. The molecular formula is C28H23N3O2S. The Morgan fingerprint density at radius 1 is 0.941 bits per heavy atom. The van der Waals surface area contributed by atoms with Crippen molar-refractivity contribution in [1.29, 1.82) is 5.26 Å². The normalized spacial score (nSPS) is 11.4. The monoisotopic (exact) mass is 465 g/mol. The first kappa shape index (κ1) is 23.1. The Balaban J connectivity index is 1.43. The number of amides is 2. The van der Waals surface area contributed by atoms with E-state index in [0.29, 0.717) is 16.8 Å². The lowest BCUT2D eigenvalue weighted by atomic mass is 9.99. The van der Waals surface area contributed by atoms with Crippen molar-refractivity contribution in [3.05, 3.63) is 108 Å². The molecule has 4 aromatic rings. The number of thioether (sulfide) groups is 1. The second-order valence-corrected chi connectivity index (χ2v) is 8.81. The van der Waals surface area contributed by atoms with E-state index in [2.05, 4.69) is 34.9 Å². The number of hydrogen-bond donors (Lipinski definition) is 2. The molecule has 1 unspecified atom stereocenters. The highest BCUT2D eigenvalue weighted by molar-refractivity contribution is 8.00. The first-order valence-corrected chi connectivity index (χ1v) is 11.8. The van der Waals surface area contributed by atoms with Gasteiger partial charge in [-0.25, -0.2) is 0 Å². The zero-order valence-electron chi connectivity index (χ0n) is 18.6. The summed E-state index contributed by atoms with van der Waals surface area (Å²) in [5.41, 5.74) is 2.63. The molecule has 0 aliphatic heterocycles. The van der Waals surface area contributed by atoms with Crippen LogP contribution in [0.25, 0.3) is 10.8 Å². The molecule has 0 aliphatic carbocycles. The molecule has 0 fully saturated rings. The zero-order chi connectivity index (χ0) is 23.9. The van der Waals surface area contributed by atoms with Crippen LogP contribution in [0.1, 0.15) is 34.5 Å². The number of benzene rings is 4. The molecule has 4 rings (SSSR count). The Morgan fingerprint density at radius 3 is 2.53 bits per heavy atom. The standard InChI is InChI=1S/C28H23N3O2S/c1-19(23-14-7-10-21-9-2-3-12-24(21)23)30-28(33)25-13-4-5-15-26(25)34-18-27(32)31-22-11-6-8-20(16-22)17-29/h2-16,19H,18H2,1H3,(H,30,33)(H,31,32). The van der Waals surface area contributed by atoms with E-state index in [4.69, 9.17) is 5.26 Å². The molecule has 0 saturated carbocycles. The molecule has 0 bridgehead atoms. The minimum atomic E-state index is -0.209. The summed E-state index contributed by atoms with van der Waals surface area (Å²) in [5, 5.41) is 17.1. The largest absolute Gasteiger partial charge is 0.345 e. The molecule has 2 N–H and O–H groups in total. The van der Waals surface area contributed by atoms with Crippen molar-refractivity contribution >= 4 is 40.0 Å². The van der Waals surface area contributed by atoms with Crippen LogP contribution in [0.3, 0.4) is 0 Å². The van der Waals surface area contributed by atoms with Crippen molar-refractivity contribution in [3.8, 4) is 6.07 Å². The molecule has 2 amide bonds. The highest BCUT2D eigenvalue weighted by atomic mass is 32.2. The van der Waals surface area contributed by atoms with Gasteiger partial charge in [0.1, 0.15) is 0 Å². The SMILES string of the molecule is CC(NC(=O)c1ccccc1SCC(=O)Nc1cccc(C#N)c1)c1cccc2ccccc12. The van der Waals surface area contributed by atoms with Gasteiger partial charge in [0.15, 0.2) is 0 Å². The summed E-state index contributed by atoms with van der Waals surface area (Å²) in [6.45, 7) is 1.97. The van der Waals surface area contributed by atoms with E-state index in [-0.39, 0.29) is 23.6 Å². The average Bonchev–Trinajstić information content (AvgIpc) is 2.87. The van der Waals surface area contributed by atoms with Gasteiger partial charge in [-0.05, 0) is 53.6 Å². The first-order valence-electron chi connectivity index (χ1n) is 10.9. The van der Waals surface area contributed by atoms with Crippen LogP contribution >= 0.6 is 11.8 Å². The predicted octanol–water partition coefficient (Wildman–Crippen LogP) is 5.93. The van der Waals surface area contributed by atoms with Crippen LogP contribution in [0.4, 0.5) is 5.69 Å². The summed E-state index contributed by atoms with van der Waals surface area (Å²) in [6, 6.07) is 30.1. The summed E-state index contributed by atoms with van der Waals surface area (Å²) < 4.78 is 0. The summed E-state index contributed by atoms with van der Waals surface area (Å²) in [7, 11) is 0. The second kappa shape index (κ2) is 10.7. The fourth-order valence-corrected chi connectivity index (χ4v) is 4.62. The van der Waals surface area contributed by atoms with Crippen LogP contribution in [-0.2, 0) is 4.79 Å². The van der Waals surface area contributed by atoms with Gasteiger partial charge in [0.25, 0.3) is 5.91 Å². The van der Waals surface area contributed by atoms with E-state index in [1.807, 2.05) is 49.4 Å². The van der Waals surface area contributed by atoms with Crippen molar-refractivity contribution in [2.24, 2.45) is 0 Å². The highest BCUT2D eigenvalue weighted by Gasteiger charge is 2.17. The quantitative estimate of drug-likeness (QED) is 0.331. The minimum Gasteiger partial charge on any atom is -0.345 e. The topological polar surface area (TPSA) is 82.0 Å². The third-order valence-corrected chi connectivity index (χ3v) is 6.48. The number of nitrogens with one attached hydrogen (secondary N) is 2. The molecule has 1 atom stereocenters. The summed E-state index contributed by atoms with van der Waals surface area (Å²) >= 11 is 1.30. The van der Waals surface area contributed by atoms with E-state index >= 15 is 0 Å². The van der Waals surface area contributed by atoms with Crippen LogP contribution in [0, 0.1) is 11.3 Å². The fourth-order valence-electron chi connectivity index (χ4n) is 3.77. The van der Waals surface area contributed by atoms with Gasteiger partial charge in [-0.1, -0.05) is 60.7 Å². The van der Waals surface area contributed by atoms with Crippen LogP contribution in [0.15, 0.2) is 95.9 Å². The lowest BCUT2D eigenvalue weighted by Gasteiger charge is -2.18. The number of fused-ring (bicyclic) bond motifs is 1. The molecule has 0 radical (unpaired) electrons. The number of rotatable bonds is 7. The molecule has 5 nitrogen and oxygen atoms in total. The van der Waals surface area contributed by atoms with Crippen molar-refractivity contribution < 1.29 is 9.59 Å². The van der Waals surface area contributed by atoms with Gasteiger partial charge in [0.05, 0.1) is 29.0 Å². The minimum absolute atomic E-state index is 0.139. The van der Waals surface area contributed by atoms with E-state index < -0.39 is 0 Å². The van der Waals surface area contributed by atoms with E-state index in [0.717, 1.165) is 21.2 Å². The molecule has 0 heterocycles. The van der Waals surface area contributed by atoms with Crippen molar-refractivity contribution in [3.63, 3.8) is 0 Å². The first-order chi connectivity index (χ1) is 16.5. The second-order valence-electron chi connectivity index (χ2n) is 7.79. The average molecular weight is 466 g/mol. The maximum atomic E-state index is 13.1. The molecule has 4 aromatic carbocycles. The van der Waals surface area contributed by atoms with E-state index in [1.165, 1.54) is 11.8 Å². The third-order valence-electron chi connectivity index (χ3n) is 5.40. The fraction of sp³-hybridized carbons (Fsp3) is 0.107. The zero-order valence-corrected chi connectivity index (χ0v) is 19.4. The lowest BCUT2D eigenvalue weighted by Crippen LogP contribution is -2.27. The van der Waals surface area contributed by atoms with Crippen LogP contribution < -0.4 is 10.6 Å². The Labute approximate surface area is 202 Å². The molecule has 34 heavy (non-hydrogen) atoms. The number of anilines is 1. The summed E-state index contributed by atoms with van der Waals surface area (Å²) in [4.78, 5) is 26.3. The number of nitrogens with zero attached hydrogens (tertiary/aromatic N) is 1. The van der Waals surface area contributed by atoms with Gasteiger partial charge in [-0.3, -0.25) is 9.59 Å². The molecule has 168 valence electrons. The maximum absolute atomic E-state index is 13.1. The van der Waals surface area contributed by atoms with Crippen molar-refractivity contribution in [2.45, 2.75) is 17.9 Å². The van der Waals surface area contributed by atoms with Gasteiger partial charge >= 0.3 is 0 Å². The molecule has 0 spiro atoms. The van der Waals surface area contributed by atoms with Crippen LogP contribution in [0.5, 0.6) is 0 Å². The summed E-state index contributed by atoms with van der Waals surface area (Å²) in [6.07, 6.45) is 0. The van der Waals surface area contributed by atoms with E-state index in [1.54, 1.807) is 30.3 Å². The summed E-state index contributed by atoms with van der Waals surface area (Å²) in [5.74, 6) is -0.259. The van der Waals surface area contributed by atoms with Gasteiger partial charge < -0.3 is 10.6 Å². The van der Waals surface area contributed by atoms with Crippen LogP contribution in [0.2, 0.25) is 0 Å². The van der Waals surface area contributed by atoms with Crippen LogP contribution in [-0.4, -0.2) is 17.6 Å². The number of nitriles is 1. The molecular weight excluding hydrogens is 442 g/mol. The Kier molecular flexibility index (Phi) is 7.26. The van der Waals surface area contributed by atoms with Gasteiger partial charge in [-0.15, -0.1) is 11.8 Å². The molecule has 0 saturated heterocycles. The smallest absolute Gasteiger partial charge is 0.252 e. The van der Waals surface area contributed by atoms with Crippen molar-refractivity contribution in [2.75, 3.05) is 11.1 Å². The van der Waals surface area contributed by atoms with Crippen molar-refractivity contribution in [1.82, 2.24) is 5.32 Å². The van der Waals surface area contributed by atoms with Gasteiger partial charge in [-0.2, -0.15) is 5.26 Å². The molecule has 6 heteroatoms. The highest BCUT2D eigenvalue weighted by Crippen LogP contribution is 2.26. The lowest BCUT2D eigenvalue weighted by molar-refractivity contribution is -0.113. The molecule has 0 aromatic heterocycles.